The van der Waals surface area contributed by atoms with Gasteiger partial charge in [-0.15, -0.1) is 0 Å². The quantitative estimate of drug-likeness (QED) is 0.0379. The third kappa shape index (κ3) is 13.7. The molecule has 0 N–H and O–H groups in total. The molecule has 4 rings (SSSR count). The Morgan fingerprint density at radius 2 is 0.935 bits per heavy atom. The van der Waals surface area contributed by atoms with E-state index in [1.807, 2.05) is 0 Å². The second kappa shape index (κ2) is 21.2. The molecule has 0 amide bonds. The maximum absolute atomic E-state index is 12.8. The summed E-state index contributed by atoms with van der Waals surface area (Å²) >= 11 is 11.7. The van der Waals surface area contributed by atoms with E-state index in [4.69, 9.17) is 51.6 Å². The summed E-state index contributed by atoms with van der Waals surface area (Å²) < 4.78 is 106. The van der Waals surface area contributed by atoms with Crippen molar-refractivity contribution in [2.75, 3.05) is 13.2 Å². The minimum Gasteiger partial charge on any atom is -0.463 e. The minimum absolute atomic E-state index is 0.0398. The number of benzene rings is 4. The topological polar surface area (TPSA) is 210 Å². The molecule has 0 fully saturated rings. The van der Waals surface area contributed by atoms with Crippen molar-refractivity contribution in [2.24, 2.45) is 0 Å². The van der Waals surface area contributed by atoms with Gasteiger partial charge in [0, 0.05) is 24.3 Å². The Labute approximate surface area is 355 Å². The van der Waals surface area contributed by atoms with Gasteiger partial charge in [-0.2, -0.15) is 26.3 Å². The van der Waals surface area contributed by atoms with Gasteiger partial charge in [-0.05, 0) is 76.2 Å². The molecule has 0 saturated carbocycles. The summed E-state index contributed by atoms with van der Waals surface area (Å²) in [5, 5.41) is 21.7. The van der Waals surface area contributed by atoms with Gasteiger partial charge in [-0.25, -0.2) is 19.2 Å². The Morgan fingerprint density at radius 3 is 1.21 bits per heavy atom. The summed E-state index contributed by atoms with van der Waals surface area (Å²) in [4.78, 5) is 68.8. The van der Waals surface area contributed by atoms with Gasteiger partial charge in [0.25, 0.3) is 11.4 Å². The first-order valence-electron chi connectivity index (χ1n) is 17.3. The third-order valence-electron chi connectivity index (χ3n) is 7.55. The molecule has 2 atom stereocenters. The van der Waals surface area contributed by atoms with Crippen LogP contribution in [-0.2, 0) is 40.9 Å². The molecule has 2 unspecified atom stereocenters. The van der Waals surface area contributed by atoms with E-state index in [1.165, 1.54) is 13.8 Å². The molecule has 0 spiro atoms. The Hall–Kier alpha value is -6.68. The molecule has 0 aromatic heterocycles. The van der Waals surface area contributed by atoms with Crippen molar-refractivity contribution < 1.29 is 83.8 Å². The van der Waals surface area contributed by atoms with Crippen molar-refractivity contribution in [2.45, 2.75) is 52.3 Å². The molecule has 0 bridgehead atoms. The van der Waals surface area contributed by atoms with Gasteiger partial charge in [0.15, 0.2) is 12.2 Å². The predicted molar refractivity (Wildman–Crippen MR) is 202 cm³/mol. The second-order valence-corrected chi connectivity index (χ2v) is 12.8. The van der Waals surface area contributed by atoms with E-state index in [1.54, 1.807) is 13.8 Å². The predicted octanol–water partition coefficient (Wildman–Crippen LogP) is 10.3. The first kappa shape index (κ1) is 49.7. The Balaban J connectivity index is 0.000000330. The lowest BCUT2D eigenvalue weighted by molar-refractivity contribution is -0.385. The van der Waals surface area contributed by atoms with Crippen LogP contribution >= 0.6 is 23.2 Å². The second-order valence-electron chi connectivity index (χ2n) is 12.0. The van der Waals surface area contributed by atoms with Crippen LogP contribution in [0.4, 0.5) is 37.7 Å². The van der Waals surface area contributed by atoms with E-state index in [0.717, 1.165) is 60.7 Å². The van der Waals surface area contributed by atoms with Gasteiger partial charge >= 0.3 is 36.2 Å². The zero-order chi connectivity index (χ0) is 46.7. The third-order valence-corrected chi connectivity index (χ3v) is 8.14. The highest BCUT2D eigenvalue weighted by Gasteiger charge is 2.33. The van der Waals surface area contributed by atoms with E-state index in [0.29, 0.717) is 12.1 Å². The number of carbonyl (C=O) groups excluding carboxylic acids is 4. The molecule has 0 radical (unpaired) electrons. The van der Waals surface area contributed by atoms with Crippen LogP contribution in [0.5, 0.6) is 23.0 Å². The van der Waals surface area contributed by atoms with Crippen LogP contribution in [0.2, 0.25) is 10.0 Å². The van der Waals surface area contributed by atoms with Crippen LogP contribution < -0.4 is 9.47 Å². The minimum atomic E-state index is -4.61. The number of ether oxygens (including phenoxy) is 6. The Kier molecular flexibility index (Phi) is 17.0. The summed E-state index contributed by atoms with van der Waals surface area (Å²) in [7, 11) is 0. The number of alkyl halides is 6. The van der Waals surface area contributed by atoms with E-state index in [2.05, 4.69) is 0 Å². The maximum atomic E-state index is 12.8. The highest BCUT2D eigenvalue weighted by molar-refractivity contribution is 6.32. The average molecular weight is 924 g/mol. The lowest BCUT2D eigenvalue weighted by Crippen LogP contribution is -2.26. The number of carbonyl (C=O) groups is 4. The van der Waals surface area contributed by atoms with Gasteiger partial charge in [0.05, 0.1) is 44.2 Å². The zero-order valence-electron chi connectivity index (χ0n) is 32.1. The number of nitro groups is 2. The zero-order valence-corrected chi connectivity index (χ0v) is 33.6. The summed E-state index contributed by atoms with van der Waals surface area (Å²) in [6, 6.07) is 10.7. The van der Waals surface area contributed by atoms with Gasteiger partial charge in [0.1, 0.15) is 34.1 Å². The highest BCUT2D eigenvalue weighted by Crippen LogP contribution is 2.39. The van der Waals surface area contributed by atoms with Crippen molar-refractivity contribution in [1.82, 2.24) is 0 Å². The number of rotatable bonds is 14. The first-order chi connectivity index (χ1) is 28.9. The highest BCUT2D eigenvalue weighted by atomic mass is 35.5. The number of hydrogen-bond acceptors (Lipinski definition) is 14. The molecule has 4 aromatic carbocycles. The number of halogens is 8. The molecule has 0 saturated heterocycles. The molecular weight excluding hydrogens is 893 g/mol. The van der Waals surface area contributed by atoms with Gasteiger partial charge < -0.3 is 28.4 Å². The van der Waals surface area contributed by atoms with Crippen molar-refractivity contribution >= 4 is 58.5 Å². The van der Waals surface area contributed by atoms with Crippen molar-refractivity contribution in [1.29, 1.82) is 0 Å². The van der Waals surface area contributed by atoms with Crippen LogP contribution in [0, 0.1) is 20.2 Å². The van der Waals surface area contributed by atoms with Crippen LogP contribution in [0.25, 0.3) is 0 Å². The van der Waals surface area contributed by atoms with Crippen molar-refractivity contribution in [3.05, 3.63) is 125 Å². The normalized spacial score (nSPS) is 12.1. The van der Waals surface area contributed by atoms with Crippen molar-refractivity contribution in [3.63, 3.8) is 0 Å². The lowest BCUT2D eigenvalue weighted by atomic mass is 10.1. The molecule has 332 valence electrons. The Morgan fingerprint density at radius 1 is 0.597 bits per heavy atom. The van der Waals surface area contributed by atoms with Crippen LogP contribution in [-0.4, -0.2) is 59.1 Å². The SMILES string of the molecule is CCOC(=O)C(C)OC(=O)c1cc(Oc2ccc(C(F)(F)F)cc2Cl)ccc1[N+](=O)[O-].CCOC(=O)C(C)OC(=O)c1cc(Oc2ccc(C(F)(F)F)cc2Cl)ccc1[N+](=O)[O-]. The summed E-state index contributed by atoms with van der Waals surface area (Å²) in [6.07, 6.45) is -11.9. The standard InChI is InChI=1S/2C19H15ClF3NO7/c2*1-3-29-17(25)10(2)30-18(26)13-9-12(5-6-15(13)24(27)28)31-16-7-4-11(8-14(16)20)19(21,22)23/h2*4-10H,3H2,1-2H3. The van der Waals surface area contributed by atoms with E-state index in [-0.39, 0.29) is 46.3 Å². The summed E-state index contributed by atoms with van der Waals surface area (Å²) in [5.41, 5.74) is -4.33. The fourth-order valence-corrected chi connectivity index (χ4v) is 5.08. The lowest BCUT2D eigenvalue weighted by Gasteiger charge is -2.13. The van der Waals surface area contributed by atoms with E-state index in [9.17, 15) is 65.7 Å². The van der Waals surface area contributed by atoms with Crippen molar-refractivity contribution in [3.8, 4) is 23.0 Å². The number of esters is 4. The molecule has 0 aliphatic carbocycles. The molecule has 4 aromatic rings. The number of nitrogens with zero attached hydrogens (tertiary/aromatic N) is 2. The van der Waals surface area contributed by atoms with Gasteiger partial charge in [-0.1, -0.05) is 23.2 Å². The number of nitro benzene ring substituents is 2. The van der Waals surface area contributed by atoms with Crippen LogP contribution in [0.15, 0.2) is 72.8 Å². The molecule has 0 aliphatic rings. The van der Waals surface area contributed by atoms with E-state index >= 15 is 0 Å². The van der Waals surface area contributed by atoms with Gasteiger partial charge in [0.2, 0.25) is 0 Å². The van der Waals surface area contributed by atoms with Crippen LogP contribution in [0.3, 0.4) is 0 Å². The van der Waals surface area contributed by atoms with Crippen LogP contribution in [0.1, 0.15) is 59.5 Å². The molecule has 16 nitrogen and oxygen atoms in total. The smallest absolute Gasteiger partial charge is 0.416 e. The fraction of sp³-hybridized carbons (Fsp3) is 0.263. The average Bonchev–Trinajstić information content (AvgIpc) is 3.18. The number of hydrogen-bond donors (Lipinski definition) is 0. The monoisotopic (exact) mass is 922 g/mol. The fourth-order valence-electron chi connectivity index (χ4n) is 4.64. The van der Waals surface area contributed by atoms with Gasteiger partial charge in [-0.3, -0.25) is 20.2 Å². The molecule has 0 aliphatic heterocycles. The molecular formula is C38H30Cl2F6N2O14. The largest absolute Gasteiger partial charge is 0.463 e. The maximum Gasteiger partial charge on any atom is 0.416 e. The Bertz CT molecular complexity index is 2180. The molecule has 24 heteroatoms. The summed E-state index contributed by atoms with van der Waals surface area (Å²) in [5.74, 6) is -4.71. The molecule has 62 heavy (non-hydrogen) atoms. The summed E-state index contributed by atoms with van der Waals surface area (Å²) in [6.45, 7) is 5.62. The molecule has 0 heterocycles. The first-order valence-corrected chi connectivity index (χ1v) is 18.0. The van der Waals surface area contributed by atoms with E-state index < -0.39 is 91.9 Å².